The lowest BCUT2D eigenvalue weighted by atomic mass is 10.2. The number of benzene rings is 1. The molecule has 0 spiro atoms. The second-order valence-corrected chi connectivity index (χ2v) is 6.58. The van der Waals surface area contributed by atoms with Crippen molar-refractivity contribution in [2.45, 2.75) is 19.6 Å². The molecule has 0 saturated carbocycles. The molecule has 1 rings (SSSR count). The lowest BCUT2D eigenvalue weighted by molar-refractivity contribution is 0.630. The molecule has 0 radical (unpaired) electrons. The largest absolute Gasteiger partial charge is 0.371 e. The van der Waals surface area contributed by atoms with Crippen LogP contribution in [0.15, 0.2) is 18.2 Å². The number of rotatable bonds is 4. The van der Waals surface area contributed by atoms with Crippen LogP contribution in [0.1, 0.15) is 19.4 Å². The molecule has 0 aromatic heterocycles. The van der Waals surface area contributed by atoms with Crippen LogP contribution in [0.25, 0.3) is 0 Å². The lowest BCUT2D eigenvalue weighted by Gasteiger charge is -2.10. The maximum Gasteiger partial charge on any atom is 0.134 e. The molecule has 0 amide bonds. The first-order valence-electron chi connectivity index (χ1n) is 5.33. The SMILES string of the molecule is CC(C)CNC(=S)SCc1ccc(Cl)cc1Cl. The molecule has 5 heteroatoms. The predicted molar refractivity (Wildman–Crippen MR) is 83.2 cm³/mol. The predicted octanol–water partition coefficient (Wildman–Crippen LogP) is 4.76. The van der Waals surface area contributed by atoms with Crippen LogP contribution in [0.4, 0.5) is 0 Å². The van der Waals surface area contributed by atoms with Crippen molar-refractivity contribution in [3.8, 4) is 0 Å². The Balaban J connectivity index is 2.42. The molecule has 0 unspecified atom stereocenters. The summed E-state index contributed by atoms with van der Waals surface area (Å²) in [4.78, 5) is 0. The van der Waals surface area contributed by atoms with Crippen molar-refractivity contribution in [2.24, 2.45) is 5.92 Å². The summed E-state index contributed by atoms with van der Waals surface area (Å²) >= 11 is 18.7. The van der Waals surface area contributed by atoms with Gasteiger partial charge in [-0.2, -0.15) is 0 Å². The molecule has 0 saturated heterocycles. The molecule has 1 N–H and O–H groups in total. The number of halogens is 2. The van der Waals surface area contributed by atoms with Crippen molar-refractivity contribution >= 4 is 51.5 Å². The highest BCUT2D eigenvalue weighted by Crippen LogP contribution is 2.24. The summed E-state index contributed by atoms with van der Waals surface area (Å²) in [5.41, 5.74) is 1.05. The quantitative estimate of drug-likeness (QED) is 0.806. The Hall–Kier alpha value is 0.0400. The summed E-state index contributed by atoms with van der Waals surface area (Å²) in [6, 6.07) is 5.53. The Labute approximate surface area is 122 Å². The van der Waals surface area contributed by atoms with Gasteiger partial charge in [0, 0.05) is 22.3 Å². The molecular weight excluding hydrogens is 293 g/mol. The average molecular weight is 308 g/mol. The Bertz CT molecular complexity index is 394. The van der Waals surface area contributed by atoms with E-state index in [1.165, 1.54) is 0 Å². The van der Waals surface area contributed by atoms with Crippen LogP contribution >= 0.6 is 47.2 Å². The molecule has 1 nitrogen and oxygen atoms in total. The molecule has 0 aliphatic heterocycles. The van der Waals surface area contributed by atoms with Crippen molar-refractivity contribution in [1.29, 1.82) is 0 Å². The van der Waals surface area contributed by atoms with E-state index >= 15 is 0 Å². The molecule has 0 atom stereocenters. The van der Waals surface area contributed by atoms with Crippen molar-refractivity contribution in [1.82, 2.24) is 5.32 Å². The van der Waals surface area contributed by atoms with E-state index in [2.05, 4.69) is 19.2 Å². The van der Waals surface area contributed by atoms with Gasteiger partial charge in [-0.05, 0) is 23.6 Å². The first-order valence-corrected chi connectivity index (χ1v) is 7.48. The molecular formula is C12H15Cl2NS2. The van der Waals surface area contributed by atoms with Crippen LogP contribution < -0.4 is 5.32 Å². The lowest BCUT2D eigenvalue weighted by Crippen LogP contribution is -2.23. The minimum Gasteiger partial charge on any atom is -0.371 e. The van der Waals surface area contributed by atoms with Gasteiger partial charge in [-0.25, -0.2) is 0 Å². The minimum absolute atomic E-state index is 0.590. The van der Waals surface area contributed by atoms with Gasteiger partial charge in [0.2, 0.25) is 0 Å². The highest BCUT2D eigenvalue weighted by atomic mass is 35.5. The summed E-state index contributed by atoms with van der Waals surface area (Å²) in [5, 5.41) is 4.56. The van der Waals surface area contributed by atoms with Crippen LogP contribution in [0, 0.1) is 5.92 Å². The Morgan fingerprint density at radius 3 is 2.71 bits per heavy atom. The number of hydrogen-bond acceptors (Lipinski definition) is 2. The van der Waals surface area contributed by atoms with Gasteiger partial charge in [-0.15, -0.1) is 0 Å². The normalized spacial score (nSPS) is 10.6. The molecule has 0 aliphatic carbocycles. The third kappa shape index (κ3) is 5.96. The molecule has 94 valence electrons. The first-order chi connectivity index (χ1) is 7.99. The molecule has 1 aromatic rings. The number of hydrogen-bond donors (Lipinski definition) is 1. The zero-order chi connectivity index (χ0) is 12.8. The van der Waals surface area contributed by atoms with E-state index in [9.17, 15) is 0 Å². The van der Waals surface area contributed by atoms with Gasteiger partial charge < -0.3 is 5.32 Å². The summed E-state index contributed by atoms with van der Waals surface area (Å²) in [6.07, 6.45) is 0. The fraction of sp³-hybridized carbons (Fsp3) is 0.417. The van der Waals surface area contributed by atoms with Gasteiger partial charge in [0.1, 0.15) is 4.32 Å². The van der Waals surface area contributed by atoms with E-state index in [0.717, 1.165) is 22.2 Å². The maximum atomic E-state index is 6.08. The van der Waals surface area contributed by atoms with Gasteiger partial charge in [0.25, 0.3) is 0 Å². The zero-order valence-electron chi connectivity index (χ0n) is 9.80. The Kier molecular flexibility index (Phi) is 6.63. The molecule has 0 aliphatic rings. The van der Waals surface area contributed by atoms with Gasteiger partial charge in [0.05, 0.1) is 0 Å². The highest BCUT2D eigenvalue weighted by molar-refractivity contribution is 8.22. The number of nitrogens with one attached hydrogen (secondary N) is 1. The average Bonchev–Trinajstić information content (AvgIpc) is 2.25. The third-order valence-electron chi connectivity index (χ3n) is 2.03. The van der Waals surface area contributed by atoms with E-state index in [1.54, 1.807) is 17.8 Å². The Morgan fingerprint density at radius 1 is 1.41 bits per heavy atom. The van der Waals surface area contributed by atoms with Crippen molar-refractivity contribution in [2.75, 3.05) is 6.54 Å². The van der Waals surface area contributed by atoms with Crippen LogP contribution in [0.5, 0.6) is 0 Å². The van der Waals surface area contributed by atoms with Crippen LogP contribution in [-0.4, -0.2) is 10.9 Å². The molecule has 0 fully saturated rings. The monoisotopic (exact) mass is 307 g/mol. The second kappa shape index (κ2) is 7.47. The topological polar surface area (TPSA) is 12.0 Å². The molecule has 17 heavy (non-hydrogen) atoms. The first kappa shape index (κ1) is 15.1. The fourth-order valence-corrected chi connectivity index (χ4v) is 2.66. The summed E-state index contributed by atoms with van der Waals surface area (Å²) in [6.45, 7) is 5.20. The van der Waals surface area contributed by atoms with E-state index < -0.39 is 0 Å². The molecule has 0 bridgehead atoms. The van der Waals surface area contributed by atoms with Crippen LogP contribution in [0.3, 0.4) is 0 Å². The van der Waals surface area contributed by atoms with E-state index in [0.29, 0.717) is 16.0 Å². The standard InChI is InChI=1S/C12H15Cl2NS2/c1-8(2)6-15-12(16)17-7-9-3-4-10(13)5-11(9)14/h3-5,8H,6-7H2,1-2H3,(H,15,16). The smallest absolute Gasteiger partial charge is 0.134 e. The van der Waals surface area contributed by atoms with Gasteiger partial charge >= 0.3 is 0 Å². The van der Waals surface area contributed by atoms with Crippen molar-refractivity contribution < 1.29 is 0 Å². The van der Waals surface area contributed by atoms with E-state index in [1.807, 2.05) is 12.1 Å². The summed E-state index contributed by atoms with van der Waals surface area (Å²) in [5.74, 6) is 1.35. The zero-order valence-corrected chi connectivity index (χ0v) is 12.9. The molecule has 1 aromatic carbocycles. The van der Waals surface area contributed by atoms with Gasteiger partial charge in [-0.1, -0.05) is 67.1 Å². The van der Waals surface area contributed by atoms with Crippen LogP contribution in [-0.2, 0) is 5.75 Å². The van der Waals surface area contributed by atoms with Crippen molar-refractivity contribution in [3.05, 3.63) is 33.8 Å². The molecule has 0 heterocycles. The van der Waals surface area contributed by atoms with Gasteiger partial charge in [0.15, 0.2) is 0 Å². The minimum atomic E-state index is 0.590. The summed E-state index contributed by atoms with van der Waals surface area (Å²) in [7, 11) is 0. The highest BCUT2D eigenvalue weighted by Gasteiger charge is 2.04. The number of thiocarbonyl (C=S) groups is 1. The van der Waals surface area contributed by atoms with Crippen LogP contribution in [0.2, 0.25) is 10.0 Å². The third-order valence-corrected chi connectivity index (χ3v) is 3.98. The summed E-state index contributed by atoms with van der Waals surface area (Å²) < 4.78 is 0.810. The van der Waals surface area contributed by atoms with Gasteiger partial charge in [-0.3, -0.25) is 0 Å². The Morgan fingerprint density at radius 2 is 2.12 bits per heavy atom. The van der Waals surface area contributed by atoms with Crippen molar-refractivity contribution in [3.63, 3.8) is 0 Å². The maximum absolute atomic E-state index is 6.08. The fourth-order valence-electron chi connectivity index (χ4n) is 1.12. The van der Waals surface area contributed by atoms with E-state index in [-0.39, 0.29) is 0 Å². The number of thioether (sulfide) groups is 1. The van der Waals surface area contributed by atoms with E-state index in [4.69, 9.17) is 35.4 Å². The second-order valence-electron chi connectivity index (χ2n) is 4.09.